The molecular formula is C13H9Cl2N3. The highest BCUT2D eigenvalue weighted by Crippen LogP contribution is 2.23. The Morgan fingerprint density at radius 1 is 1.00 bits per heavy atom. The minimum absolute atomic E-state index is 0.167. The summed E-state index contributed by atoms with van der Waals surface area (Å²) in [5.74, 6) is 0. The van der Waals surface area contributed by atoms with Crippen molar-refractivity contribution in [2.24, 2.45) is 0 Å². The van der Waals surface area contributed by atoms with Gasteiger partial charge in [0.2, 0.25) is 5.28 Å². The van der Waals surface area contributed by atoms with E-state index in [1.54, 1.807) is 0 Å². The highest BCUT2D eigenvalue weighted by Gasteiger charge is 2.09. The second kappa shape index (κ2) is 4.59. The molecule has 5 heteroatoms. The molecule has 90 valence electrons. The van der Waals surface area contributed by atoms with Gasteiger partial charge in [-0.2, -0.15) is 4.98 Å². The predicted molar refractivity (Wildman–Crippen MR) is 73.1 cm³/mol. The molecular weight excluding hydrogens is 269 g/mol. The molecule has 0 atom stereocenters. The molecule has 2 heterocycles. The van der Waals surface area contributed by atoms with Crippen molar-refractivity contribution < 1.29 is 0 Å². The largest absolute Gasteiger partial charge is 0.328 e. The Kier molecular flexibility index (Phi) is 2.94. The van der Waals surface area contributed by atoms with E-state index in [1.165, 1.54) is 5.56 Å². The van der Waals surface area contributed by atoms with Crippen molar-refractivity contribution in [1.82, 2.24) is 14.5 Å². The van der Waals surface area contributed by atoms with Crippen molar-refractivity contribution in [3.05, 3.63) is 58.6 Å². The lowest BCUT2D eigenvalue weighted by Gasteiger charge is -2.05. The predicted octanol–water partition coefficient (Wildman–Crippen LogP) is 3.79. The smallest absolute Gasteiger partial charge is 0.225 e. The molecule has 0 saturated heterocycles. The van der Waals surface area contributed by atoms with E-state index >= 15 is 0 Å². The summed E-state index contributed by atoms with van der Waals surface area (Å²) < 4.78 is 2.00. The quantitative estimate of drug-likeness (QED) is 0.527. The van der Waals surface area contributed by atoms with E-state index in [2.05, 4.69) is 22.1 Å². The molecule has 0 aliphatic heterocycles. The highest BCUT2D eigenvalue weighted by molar-refractivity contribution is 6.35. The fourth-order valence-corrected chi connectivity index (χ4v) is 2.35. The summed E-state index contributed by atoms with van der Waals surface area (Å²) in [5.41, 5.74) is 1.95. The molecule has 0 fully saturated rings. The first-order chi connectivity index (χ1) is 8.74. The average molecular weight is 278 g/mol. The van der Waals surface area contributed by atoms with E-state index in [0.29, 0.717) is 5.15 Å². The van der Waals surface area contributed by atoms with Crippen LogP contribution in [-0.4, -0.2) is 14.5 Å². The van der Waals surface area contributed by atoms with E-state index in [1.807, 2.05) is 35.0 Å². The van der Waals surface area contributed by atoms with Crippen molar-refractivity contribution in [3.63, 3.8) is 0 Å². The maximum Gasteiger partial charge on any atom is 0.225 e. The topological polar surface area (TPSA) is 30.7 Å². The van der Waals surface area contributed by atoms with Crippen LogP contribution in [0.3, 0.4) is 0 Å². The zero-order chi connectivity index (χ0) is 12.5. The van der Waals surface area contributed by atoms with Crippen molar-refractivity contribution in [2.75, 3.05) is 0 Å². The molecule has 2 aromatic heterocycles. The molecule has 0 spiro atoms. The van der Waals surface area contributed by atoms with Crippen LogP contribution in [0.1, 0.15) is 5.56 Å². The standard InChI is InChI=1S/C13H9Cl2N3/c14-11-10-6-7-18(12(10)17-13(15)16-11)8-9-4-2-1-3-5-9/h1-7H,8H2. The van der Waals surface area contributed by atoms with Crippen LogP contribution < -0.4 is 0 Å². The van der Waals surface area contributed by atoms with Crippen LogP contribution in [0.25, 0.3) is 11.0 Å². The van der Waals surface area contributed by atoms with Gasteiger partial charge in [-0.05, 0) is 23.2 Å². The molecule has 0 amide bonds. The molecule has 0 saturated carbocycles. The molecule has 18 heavy (non-hydrogen) atoms. The van der Waals surface area contributed by atoms with Gasteiger partial charge < -0.3 is 4.57 Å². The minimum atomic E-state index is 0.167. The molecule has 3 nitrogen and oxygen atoms in total. The first-order valence-corrected chi connectivity index (χ1v) is 6.21. The zero-order valence-corrected chi connectivity index (χ0v) is 10.9. The second-order valence-electron chi connectivity index (χ2n) is 3.95. The molecule has 1 aromatic carbocycles. The first-order valence-electron chi connectivity index (χ1n) is 5.46. The van der Waals surface area contributed by atoms with Gasteiger partial charge in [0.05, 0.1) is 5.39 Å². The van der Waals surface area contributed by atoms with Crippen molar-refractivity contribution in [2.45, 2.75) is 6.54 Å². The molecule has 0 aliphatic carbocycles. The Morgan fingerprint density at radius 2 is 1.78 bits per heavy atom. The molecule has 0 aliphatic rings. The van der Waals surface area contributed by atoms with Gasteiger partial charge in [0.1, 0.15) is 10.8 Å². The van der Waals surface area contributed by atoms with E-state index in [9.17, 15) is 0 Å². The Bertz CT molecular complexity index is 692. The Labute approximate surface area is 114 Å². The van der Waals surface area contributed by atoms with Crippen LogP contribution in [0.4, 0.5) is 0 Å². The summed E-state index contributed by atoms with van der Waals surface area (Å²) in [7, 11) is 0. The summed E-state index contributed by atoms with van der Waals surface area (Å²) in [4.78, 5) is 8.15. The molecule has 0 unspecified atom stereocenters. The molecule has 0 radical (unpaired) electrons. The fourth-order valence-electron chi connectivity index (χ4n) is 1.91. The number of hydrogen-bond donors (Lipinski definition) is 0. The third-order valence-corrected chi connectivity index (χ3v) is 3.20. The summed E-state index contributed by atoms with van der Waals surface area (Å²) in [6.45, 7) is 0.730. The van der Waals surface area contributed by atoms with Gasteiger partial charge in [-0.15, -0.1) is 0 Å². The first kappa shape index (κ1) is 11.5. The van der Waals surface area contributed by atoms with Gasteiger partial charge in [-0.3, -0.25) is 0 Å². The summed E-state index contributed by atoms with van der Waals surface area (Å²) >= 11 is 11.9. The maximum atomic E-state index is 6.03. The van der Waals surface area contributed by atoms with Gasteiger partial charge >= 0.3 is 0 Å². The molecule has 0 N–H and O–H groups in total. The van der Waals surface area contributed by atoms with Crippen LogP contribution in [0.2, 0.25) is 10.4 Å². The van der Waals surface area contributed by atoms with Crippen LogP contribution in [0.5, 0.6) is 0 Å². The van der Waals surface area contributed by atoms with Crippen LogP contribution in [-0.2, 0) is 6.54 Å². The van der Waals surface area contributed by atoms with Gasteiger partial charge in [0, 0.05) is 12.7 Å². The van der Waals surface area contributed by atoms with Crippen LogP contribution in [0.15, 0.2) is 42.6 Å². The zero-order valence-electron chi connectivity index (χ0n) is 9.35. The summed E-state index contributed by atoms with van der Waals surface area (Å²) in [6.07, 6.45) is 1.94. The molecule has 3 rings (SSSR count). The maximum absolute atomic E-state index is 6.03. The summed E-state index contributed by atoms with van der Waals surface area (Å²) in [6, 6.07) is 12.0. The lowest BCUT2D eigenvalue weighted by atomic mass is 10.2. The average Bonchev–Trinajstić information content (AvgIpc) is 2.74. The number of fused-ring (bicyclic) bond motifs is 1. The number of hydrogen-bond acceptors (Lipinski definition) is 2. The molecule has 0 bridgehead atoms. The number of rotatable bonds is 2. The number of aromatic nitrogens is 3. The number of nitrogens with zero attached hydrogens (tertiary/aromatic N) is 3. The van der Waals surface area contributed by atoms with Gasteiger partial charge in [-0.25, -0.2) is 4.98 Å². The molecule has 3 aromatic rings. The van der Waals surface area contributed by atoms with Crippen molar-refractivity contribution in [3.8, 4) is 0 Å². The Morgan fingerprint density at radius 3 is 2.56 bits per heavy atom. The third-order valence-electron chi connectivity index (χ3n) is 2.74. The Balaban J connectivity index is 2.08. The fraction of sp³-hybridized carbons (Fsp3) is 0.0769. The van der Waals surface area contributed by atoms with Gasteiger partial charge in [0.15, 0.2) is 0 Å². The summed E-state index contributed by atoms with van der Waals surface area (Å²) in [5, 5.41) is 1.37. The van der Waals surface area contributed by atoms with Crippen molar-refractivity contribution >= 4 is 34.2 Å². The minimum Gasteiger partial charge on any atom is -0.328 e. The monoisotopic (exact) mass is 277 g/mol. The third kappa shape index (κ3) is 2.07. The highest BCUT2D eigenvalue weighted by atomic mass is 35.5. The van der Waals surface area contributed by atoms with Crippen molar-refractivity contribution in [1.29, 1.82) is 0 Å². The van der Waals surface area contributed by atoms with Gasteiger partial charge in [0.25, 0.3) is 0 Å². The number of halogens is 2. The number of benzene rings is 1. The van der Waals surface area contributed by atoms with Crippen LogP contribution >= 0.6 is 23.2 Å². The lowest BCUT2D eigenvalue weighted by molar-refractivity contribution is 0.824. The SMILES string of the molecule is Clc1nc(Cl)c2ccn(Cc3ccccc3)c2n1. The normalized spacial score (nSPS) is 11.0. The Hall–Kier alpha value is -1.58. The van der Waals surface area contributed by atoms with Gasteiger partial charge in [-0.1, -0.05) is 41.9 Å². The van der Waals surface area contributed by atoms with E-state index < -0.39 is 0 Å². The van der Waals surface area contributed by atoms with E-state index in [-0.39, 0.29) is 5.28 Å². The lowest BCUT2D eigenvalue weighted by Crippen LogP contribution is -1.99. The van der Waals surface area contributed by atoms with E-state index in [0.717, 1.165) is 17.6 Å². The second-order valence-corrected chi connectivity index (χ2v) is 4.65. The van der Waals surface area contributed by atoms with Crippen LogP contribution in [0, 0.1) is 0 Å². The van der Waals surface area contributed by atoms with E-state index in [4.69, 9.17) is 23.2 Å².